The topological polar surface area (TPSA) is 67.0 Å². The van der Waals surface area contributed by atoms with Gasteiger partial charge in [-0.15, -0.1) is 11.3 Å². The van der Waals surface area contributed by atoms with E-state index in [1.807, 2.05) is 25.1 Å². The standard InChI is InChI=1S/C20H15F2N3O2S/c1-11-6-7-12-9-15(23-14(12)8-11)18(26)25-20-24-16(10-28-20)13-4-2-3-5-17(13)27-19(21)22/h2-10,19,23H,1H3,(H,24,25,26). The van der Waals surface area contributed by atoms with Crippen LogP contribution in [0.2, 0.25) is 0 Å². The first kappa shape index (κ1) is 18.1. The van der Waals surface area contributed by atoms with Gasteiger partial charge in [0.2, 0.25) is 0 Å². The molecular formula is C20H15F2N3O2S. The van der Waals surface area contributed by atoms with E-state index in [1.54, 1.807) is 29.6 Å². The number of benzene rings is 2. The first-order chi connectivity index (χ1) is 13.5. The Labute approximate surface area is 163 Å². The Hall–Kier alpha value is -3.26. The number of aromatic nitrogens is 2. The van der Waals surface area contributed by atoms with E-state index in [0.29, 0.717) is 22.1 Å². The molecule has 1 amide bonds. The lowest BCUT2D eigenvalue weighted by atomic mass is 10.1. The van der Waals surface area contributed by atoms with Crippen LogP contribution >= 0.6 is 11.3 Å². The summed E-state index contributed by atoms with van der Waals surface area (Å²) in [4.78, 5) is 19.9. The largest absolute Gasteiger partial charge is 0.434 e. The number of alkyl halides is 2. The van der Waals surface area contributed by atoms with E-state index >= 15 is 0 Å². The minimum Gasteiger partial charge on any atom is -0.434 e. The van der Waals surface area contributed by atoms with E-state index < -0.39 is 6.61 Å². The molecular weight excluding hydrogens is 384 g/mol. The molecule has 5 nitrogen and oxygen atoms in total. The zero-order chi connectivity index (χ0) is 19.7. The highest BCUT2D eigenvalue weighted by atomic mass is 32.1. The van der Waals surface area contributed by atoms with Gasteiger partial charge in [-0.3, -0.25) is 10.1 Å². The summed E-state index contributed by atoms with van der Waals surface area (Å²) in [6.45, 7) is -0.947. The van der Waals surface area contributed by atoms with E-state index in [0.717, 1.165) is 16.5 Å². The Morgan fingerprint density at radius 3 is 2.86 bits per heavy atom. The summed E-state index contributed by atoms with van der Waals surface area (Å²) < 4.78 is 29.7. The molecule has 0 unspecified atom stereocenters. The number of thiazole rings is 1. The number of nitrogens with zero attached hydrogens (tertiary/aromatic N) is 1. The highest BCUT2D eigenvalue weighted by molar-refractivity contribution is 7.14. The average Bonchev–Trinajstić information content (AvgIpc) is 3.28. The lowest BCUT2D eigenvalue weighted by Gasteiger charge is -2.08. The van der Waals surface area contributed by atoms with E-state index in [1.165, 1.54) is 17.4 Å². The Balaban J connectivity index is 1.55. The van der Waals surface area contributed by atoms with Crippen molar-refractivity contribution in [2.45, 2.75) is 13.5 Å². The number of rotatable bonds is 5. The van der Waals surface area contributed by atoms with E-state index in [-0.39, 0.29) is 11.7 Å². The number of anilines is 1. The average molecular weight is 399 g/mol. The minimum absolute atomic E-state index is 0.0339. The maximum absolute atomic E-state index is 12.6. The van der Waals surface area contributed by atoms with Crippen molar-refractivity contribution in [3.8, 4) is 17.0 Å². The molecule has 0 atom stereocenters. The Kier molecular flexibility index (Phi) is 4.79. The maximum Gasteiger partial charge on any atom is 0.387 e. The summed E-state index contributed by atoms with van der Waals surface area (Å²) in [6, 6.07) is 14.1. The molecule has 4 rings (SSSR count). The molecule has 2 heterocycles. The summed E-state index contributed by atoms with van der Waals surface area (Å²) in [7, 11) is 0. The highest BCUT2D eigenvalue weighted by Gasteiger charge is 2.16. The Morgan fingerprint density at radius 1 is 1.21 bits per heavy atom. The fraction of sp³-hybridized carbons (Fsp3) is 0.100. The second-order valence-electron chi connectivity index (χ2n) is 6.14. The molecule has 0 fully saturated rings. The van der Waals surface area contributed by atoms with Gasteiger partial charge in [-0.25, -0.2) is 4.98 Å². The zero-order valence-electron chi connectivity index (χ0n) is 14.7. The number of carbonyl (C=O) groups excluding carboxylic acids is 1. The lowest BCUT2D eigenvalue weighted by Crippen LogP contribution is -2.11. The van der Waals surface area contributed by atoms with Crippen molar-refractivity contribution in [3.05, 3.63) is 65.2 Å². The maximum atomic E-state index is 12.6. The normalized spacial score (nSPS) is 11.1. The molecule has 4 aromatic rings. The number of para-hydroxylation sites is 1. The van der Waals surface area contributed by atoms with Gasteiger partial charge in [-0.1, -0.05) is 24.3 Å². The van der Waals surface area contributed by atoms with Crippen LogP contribution in [0.4, 0.5) is 13.9 Å². The van der Waals surface area contributed by atoms with Crippen LogP contribution in [0.3, 0.4) is 0 Å². The fourth-order valence-corrected chi connectivity index (χ4v) is 3.57. The van der Waals surface area contributed by atoms with Gasteiger partial charge in [0.05, 0.1) is 5.69 Å². The molecule has 0 saturated carbocycles. The summed E-state index contributed by atoms with van der Waals surface area (Å²) in [6.07, 6.45) is 0. The molecule has 28 heavy (non-hydrogen) atoms. The molecule has 0 radical (unpaired) electrons. The minimum atomic E-state index is -2.93. The molecule has 2 aromatic carbocycles. The van der Waals surface area contributed by atoms with Crippen LogP contribution in [-0.2, 0) is 0 Å². The van der Waals surface area contributed by atoms with Crippen molar-refractivity contribution in [1.29, 1.82) is 0 Å². The van der Waals surface area contributed by atoms with E-state index in [2.05, 4.69) is 20.0 Å². The zero-order valence-corrected chi connectivity index (χ0v) is 15.5. The summed E-state index contributed by atoms with van der Waals surface area (Å²) in [5.74, 6) is -0.293. The first-order valence-corrected chi connectivity index (χ1v) is 9.28. The van der Waals surface area contributed by atoms with Gasteiger partial charge < -0.3 is 9.72 Å². The molecule has 0 aliphatic heterocycles. The number of nitrogens with one attached hydrogen (secondary N) is 2. The van der Waals surface area contributed by atoms with Crippen molar-refractivity contribution in [3.63, 3.8) is 0 Å². The number of halogens is 2. The first-order valence-electron chi connectivity index (χ1n) is 8.40. The smallest absolute Gasteiger partial charge is 0.387 e. The molecule has 2 N–H and O–H groups in total. The van der Waals surface area contributed by atoms with Crippen molar-refractivity contribution in [1.82, 2.24) is 9.97 Å². The van der Waals surface area contributed by atoms with Gasteiger partial charge in [0, 0.05) is 21.8 Å². The third-order valence-electron chi connectivity index (χ3n) is 4.13. The lowest BCUT2D eigenvalue weighted by molar-refractivity contribution is -0.0494. The molecule has 2 aromatic heterocycles. The number of carbonyl (C=O) groups is 1. The van der Waals surface area contributed by atoms with Crippen LogP contribution in [0.1, 0.15) is 16.1 Å². The highest BCUT2D eigenvalue weighted by Crippen LogP contribution is 2.33. The molecule has 0 aliphatic rings. The van der Waals surface area contributed by atoms with Crippen molar-refractivity contribution < 1.29 is 18.3 Å². The monoisotopic (exact) mass is 399 g/mol. The second-order valence-corrected chi connectivity index (χ2v) is 7.00. The summed E-state index contributed by atoms with van der Waals surface area (Å²) in [5.41, 5.74) is 3.27. The van der Waals surface area contributed by atoms with Gasteiger partial charge >= 0.3 is 6.61 Å². The summed E-state index contributed by atoms with van der Waals surface area (Å²) >= 11 is 1.20. The number of aromatic amines is 1. The van der Waals surface area contributed by atoms with Gasteiger partial charge in [0.25, 0.3) is 5.91 Å². The predicted molar refractivity (Wildman–Crippen MR) is 105 cm³/mol. The molecule has 0 spiro atoms. The van der Waals surface area contributed by atoms with Crippen LogP contribution < -0.4 is 10.1 Å². The Morgan fingerprint density at radius 2 is 2.04 bits per heavy atom. The third kappa shape index (κ3) is 3.72. The molecule has 0 aliphatic carbocycles. The van der Waals surface area contributed by atoms with Gasteiger partial charge in [-0.05, 0) is 36.8 Å². The number of hydrogen-bond donors (Lipinski definition) is 2. The molecule has 0 saturated heterocycles. The molecule has 8 heteroatoms. The molecule has 0 bridgehead atoms. The Bertz CT molecular complexity index is 1150. The van der Waals surface area contributed by atoms with Crippen LogP contribution in [0, 0.1) is 6.92 Å². The predicted octanol–water partition coefficient (Wildman–Crippen LogP) is 5.45. The van der Waals surface area contributed by atoms with Gasteiger partial charge in [-0.2, -0.15) is 8.78 Å². The number of H-pyrrole nitrogens is 1. The second kappa shape index (κ2) is 7.40. The number of amides is 1. The number of fused-ring (bicyclic) bond motifs is 1. The van der Waals surface area contributed by atoms with Crippen LogP contribution in [0.5, 0.6) is 5.75 Å². The number of aryl methyl sites for hydroxylation is 1. The number of ether oxygens (including phenoxy) is 1. The van der Waals surface area contributed by atoms with Crippen LogP contribution in [0.25, 0.3) is 22.2 Å². The van der Waals surface area contributed by atoms with Gasteiger partial charge in [0.1, 0.15) is 11.4 Å². The quantitative estimate of drug-likeness (QED) is 0.469. The number of hydrogen-bond acceptors (Lipinski definition) is 4. The van der Waals surface area contributed by atoms with Crippen molar-refractivity contribution in [2.24, 2.45) is 0 Å². The van der Waals surface area contributed by atoms with Crippen LogP contribution in [-0.4, -0.2) is 22.5 Å². The van der Waals surface area contributed by atoms with E-state index in [4.69, 9.17) is 0 Å². The van der Waals surface area contributed by atoms with Crippen molar-refractivity contribution >= 4 is 33.3 Å². The third-order valence-corrected chi connectivity index (χ3v) is 4.88. The van der Waals surface area contributed by atoms with Gasteiger partial charge in [0.15, 0.2) is 5.13 Å². The molecule has 142 valence electrons. The van der Waals surface area contributed by atoms with Crippen molar-refractivity contribution in [2.75, 3.05) is 5.32 Å². The van der Waals surface area contributed by atoms with E-state index in [9.17, 15) is 13.6 Å². The fourth-order valence-electron chi connectivity index (χ4n) is 2.86. The SMILES string of the molecule is Cc1ccc2cc(C(=O)Nc3nc(-c4ccccc4OC(F)F)cs3)[nH]c2c1. The van der Waals surface area contributed by atoms with Crippen LogP contribution in [0.15, 0.2) is 53.9 Å². The summed E-state index contributed by atoms with van der Waals surface area (Å²) in [5, 5.41) is 5.71.